The highest BCUT2D eigenvalue weighted by atomic mass is 32.2. The van der Waals surface area contributed by atoms with E-state index in [1.165, 1.54) is 28.9 Å². The summed E-state index contributed by atoms with van der Waals surface area (Å²) in [5.41, 5.74) is -0.533. The van der Waals surface area contributed by atoms with Gasteiger partial charge in [-0.1, -0.05) is 12.1 Å². The number of sulfone groups is 1. The second-order valence-electron chi connectivity index (χ2n) is 5.94. The topological polar surface area (TPSA) is 98.1 Å². The number of nitrogens with one attached hydrogen (secondary N) is 1. The van der Waals surface area contributed by atoms with E-state index in [-0.39, 0.29) is 17.2 Å². The molecule has 1 unspecified atom stereocenters. The van der Waals surface area contributed by atoms with Gasteiger partial charge in [0.15, 0.2) is 15.5 Å². The minimum Gasteiger partial charge on any atom is -0.347 e. The molecule has 0 radical (unpaired) electrons. The van der Waals surface area contributed by atoms with Gasteiger partial charge in [-0.25, -0.2) is 17.5 Å². The molecule has 1 aliphatic heterocycles. The molecule has 7 nitrogen and oxygen atoms in total. The fraction of sp³-hybridized carbons (Fsp3) is 0.312. The zero-order valence-corrected chi connectivity index (χ0v) is 14.2. The van der Waals surface area contributed by atoms with Gasteiger partial charge in [0.2, 0.25) is 5.43 Å². The lowest BCUT2D eigenvalue weighted by atomic mass is 10.2. The summed E-state index contributed by atoms with van der Waals surface area (Å²) in [6.07, 6.45) is 0.293. The van der Waals surface area contributed by atoms with Crippen molar-refractivity contribution in [2.75, 3.05) is 11.5 Å². The van der Waals surface area contributed by atoms with Gasteiger partial charge in [0, 0.05) is 17.8 Å². The summed E-state index contributed by atoms with van der Waals surface area (Å²) in [5.74, 6) is -1.47. The molecule has 1 saturated heterocycles. The van der Waals surface area contributed by atoms with Gasteiger partial charge in [-0.2, -0.15) is 5.10 Å². The van der Waals surface area contributed by atoms with E-state index in [1.807, 2.05) is 0 Å². The Kier molecular flexibility index (Phi) is 4.42. The van der Waals surface area contributed by atoms with Crippen LogP contribution in [0.2, 0.25) is 0 Å². The molecule has 1 fully saturated rings. The first-order valence-corrected chi connectivity index (χ1v) is 9.46. The highest BCUT2D eigenvalue weighted by molar-refractivity contribution is 7.91. The SMILES string of the molecule is Cc1cc(=O)c(C(=O)NC2CCS(=O)(=O)C2)nn1-c1ccccc1F. The molecule has 0 saturated carbocycles. The number of amides is 1. The van der Waals surface area contributed by atoms with Gasteiger partial charge in [-0.3, -0.25) is 9.59 Å². The number of carbonyl (C=O) groups is 1. The molecular weight excluding hydrogens is 349 g/mol. The van der Waals surface area contributed by atoms with Gasteiger partial charge in [-0.05, 0) is 25.5 Å². The number of rotatable bonds is 3. The van der Waals surface area contributed by atoms with Crippen LogP contribution in [0.3, 0.4) is 0 Å². The number of hydrogen-bond acceptors (Lipinski definition) is 5. The number of benzene rings is 1. The molecule has 3 rings (SSSR count). The summed E-state index contributed by atoms with van der Waals surface area (Å²) in [4.78, 5) is 24.4. The summed E-state index contributed by atoms with van der Waals surface area (Å²) in [5, 5.41) is 6.50. The van der Waals surface area contributed by atoms with Gasteiger partial charge in [0.1, 0.15) is 11.5 Å². The molecule has 1 aliphatic rings. The number of carbonyl (C=O) groups excluding carboxylic acids is 1. The van der Waals surface area contributed by atoms with Gasteiger partial charge >= 0.3 is 0 Å². The Hall–Kier alpha value is -2.55. The number of aromatic nitrogens is 2. The smallest absolute Gasteiger partial charge is 0.276 e. The fourth-order valence-electron chi connectivity index (χ4n) is 2.73. The molecule has 1 aromatic carbocycles. The third-order valence-electron chi connectivity index (χ3n) is 3.97. The van der Waals surface area contributed by atoms with E-state index in [0.717, 1.165) is 0 Å². The Morgan fingerprint density at radius 3 is 2.72 bits per heavy atom. The van der Waals surface area contributed by atoms with E-state index in [1.54, 1.807) is 13.0 Å². The number of para-hydroxylation sites is 1. The van der Waals surface area contributed by atoms with Crippen molar-refractivity contribution in [1.29, 1.82) is 0 Å². The van der Waals surface area contributed by atoms with Crippen LogP contribution in [-0.4, -0.2) is 41.7 Å². The molecule has 1 atom stereocenters. The maximum atomic E-state index is 14.0. The lowest BCUT2D eigenvalue weighted by Crippen LogP contribution is -2.39. The van der Waals surface area contributed by atoms with Crippen molar-refractivity contribution in [3.05, 3.63) is 57.8 Å². The Labute approximate surface area is 143 Å². The van der Waals surface area contributed by atoms with Crippen LogP contribution in [0.25, 0.3) is 5.69 Å². The Morgan fingerprint density at radius 1 is 1.36 bits per heavy atom. The third-order valence-corrected chi connectivity index (χ3v) is 5.74. The number of aryl methyl sites for hydroxylation is 1. The van der Waals surface area contributed by atoms with Crippen LogP contribution in [0, 0.1) is 12.7 Å². The largest absolute Gasteiger partial charge is 0.347 e. The monoisotopic (exact) mass is 365 g/mol. The Morgan fingerprint density at radius 2 is 2.08 bits per heavy atom. The Bertz CT molecular complexity index is 1000. The predicted molar refractivity (Wildman–Crippen MR) is 89.1 cm³/mol. The van der Waals surface area contributed by atoms with Crippen molar-refractivity contribution in [2.24, 2.45) is 0 Å². The van der Waals surface area contributed by atoms with Crippen LogP contribution in [0.4, 0.5) is 4.39 Å². The highest BCUT2D eigenvalue weighted by Crippen LogP contribution is 2.14. The third kappa shape index (κ3) is 3.60. The molecular formula is C16H16FN3O4S. The second-order valence-corrected chi connectivity index (χ2v) is 8.16. The van der Waals surface area contributed by atoms with Crippen LogP contribution in [0.15, 0.2) is 35.1 Å². The highest BCUT2D eigenvalue weighted by Gasteiger charge is 2.30. The quantitative estimate of drug-likeness (QED) is 0.859. The molecule has 132 valence electrons. The van der Waals surface area contributed by atoms with Crippen molar-refractivity contribution in [1.82, 2.24) is 15.1 Å². The van der Waals surface area contributed by atoms with E-state index in [4.69, 9.17) is 0 Å². The molecule has 1 aromatic heterocycles. The molecule has 0 bridgehead atoms. The lowest BCUT2D eigenvalue weighted by Gasteiger charge is -2.13. The van der Waals surface area contributed by atoms with Crippen molar-refractivity contribution in [3.8, 4) is 5.69 Å². The average molecular weight is 365 g/mol. The maximum Gasteiger partial charge on any atom is 0.276 e. The summed E-state index contributed by atoms with van der Waals surface area (Å²) in [7, 11) is -3.16. The first-order chi connectivity index (χ1) is 11.8. The Balaban J connectivity index is 1.94. The van der Waals surface area contributed by atoms with E-state index >= 15 is 0 Å². The van der Waals surface area contributed by atoms with E-state index in [2.05, 4.69) is 10.4 Å². The molecule has 2 aromatic rings. The fourth-order valence-corrected chi connectivity index (χ4v) is 4.41. The van der Waals surface area contributed by atoms with Crippen molar-refractivity contribution in [2.45, 2.75) is 19.4 Å². The standard InChI is InChI=1S/C16H16FN3O4S/c1-10-8-14(21)15(16(22)18-11-6-7-25(23,24)9-11)19-20(10)13-5-3-2-4-12(13)17/h2-5,8,11H,6-7,9H2,1H3,(H,18,22). The molecule has 1 N–H and O–H groups in total. The number of hydrogen-bond donors (Lipinski definition) is 1. The van der Waals surface area contributed by atoms with Crippen molar-refractivity contribution in [3.63, 3.8) is 0 Å². The van der Waals surface area contributed by atoms with E-state index in [9.17, 15) is 22.4 Å². The minimum absolute atomic E-state index is 0.00126. The van der Waals surface area contributed by atoms with Crippen LogP contribution in [0.1, 0.15) is 22.6 Å². The number of nitrogens with zero attached hydrogens (tertiary/aromatic N) is 2. The van der Waals surface area contributed by atoms with Gasteiger partial charge in [0.25, 0.3) is 5.91 Å². The summed E-state index contributed by atoms with van der Waals surface area (Å²) >= 11 is 0. The normalized spacial score (nSPS) is 18.9. The van der Waals surface area contributed by atoms with Crippen LogP contribution >= 0.6 is 0 Å². The van der Waals surface area contributed by atoms with Crippen LogP contribution in [0.5, 0.6) is 0 Å². The summed E-state index contributed by atoms with van der Waals surface area (Å²) in [6.45, 7) is 1.58. The van der Waals surface area contributed by atoms with Crippen molar-refractivity contribution < 1.29 is 17.6 Å². The summed E-state index contributed by atoms with van der Waals surface area (Å²) in [6, 6.07) is 6.50. The number of halogens is 1. The summed E-state index contributed by atoms with van der Waals surface area (Å²) < 4.78 is 38.1. The maximum absolute atomic E-state index is 14.0. The van der Waals surface area contributed by atoms with E-state index < -0.39 is 38.7 Å². The molecule has 2 heterocycles. The minimum atomic E-state index is -3.16. The zero-order chi connectivity index (χ0) is 18.2. The molecule has 25 heavy (non-hydrogen) atoms. The zero-order valence-electron chi connectivity index (χ0n) is 13.4. The molecule has 0 spiro atoms. The lowest BCUT2D eigenvalue weighted by molar-refractivity contribution is 0.0933. The second kappa shape index (κ2) is 6.40. The van der Waals surface area contributed by atoms with Gasteiger partial charge < -0.3 is 5.32 Å². The van der Waals surface area contributed by atoms with Gasteiger partial charge in [-0.15, -0.1) is 0 Å². The first kappa shape index (κ1) is 17.3. The van der Waals surface area contributed by atoms with E-state index in [0.29, 0.717) is 12.1 Å². The van der Waals surface area contributed by atoms with Gasteiger partial charge in [0.05, 0.1) is 11.5 Å². The average Bonchev–Trinajstić information content (AvgIpc) is 2.87. The van der Waals surface area contributed by atoms with Crippen LogP contribution < -0.4 is 10.7 Å². The van der Waals surface area contributed by atoms with Crippen molar-refractivity contribution >= 4 is 15.7 Å². The first-order valence-electron chi connectivity index (χ1n) is 7.64. The molecule has 1 amide bonds. The molecule has 0 aliphatic carbocycles. The molecule has 9 heteroatoms. The predicted octanol–water partition coefficient (Wildman–Crippen LogP) is 0.597. The van der Waals surface area contributed by atoms with Crippen LogP contribution in [-0.2, 0) is 9.84 Å².